The highest BCUT2D eigenvalue weighted by molar-refractivity contribution is 5.74. The molecule has 0 amide bonds. The number of alkyl halides is 1. The van der Waals surface area contributed by atoms with Gasteiger partial charge in [0.05, 0.1) is 17.5 Å². The maximum absolute atomic E-state index is 14.9. The van der Waals surface area contributed by atoms with E-state index in [1.165, 1.54) is 12.1 Å². The molecule has 0 radical (unpaired) electrons. The van der Waals surface area contributed by atoms with Gasteiger partial charge in [-0.3, -0.25) is 5.10 Å². The number of rotatable bonds is 6. The summed E-state index contributed by atoms with van der Waals surface area (Å²) in [7, 11) is 0. The Hall–Kier alpha value is -3.07. The van der Waals surface area contributed by atoms with Crippen molar-refractivity contribution in [3.63, 3.8) is 0 Å². The number of aromatic amines is 1. The molecule has 3 atom stereocenters. The Morgan fingerprint density at radius 1 is 1.12 bits per heavy atom. The molecule has 4 heterocycles. The SMILES string of the molecule is C[C@]12CC[C@](C)(C[C@H](N(CCF)c3ccc(-c4c(O)cc(-c5cn[nH]c5)cc4F)nn3)C1)N2. The third kappa shape index (κ3) is 4.06. The maximum Gasteiger partial charge on any atom is 0.151 e. The number of piperidine rings is 1. The number of halogens is 2. The molecule has 0 unspecified atom stereocenters. The number of nitrogens with zero attached hydrogens (tertiary/aromatic N) is 4. The van der Waals surface area contributed by atoms with Crippen LogP contribution in [-0.4, -0.2) is 55.8 Å². The highest BCUT2D eigenvalue weighted by atomic mass is 19.1. The number of phenolic OH excluding ortho intramolecular Hbond substituents is 1. The van der Waals surface area contributed by atoms with Crippen LogP contribution in [0.2, 0.25) is 0 Å². The van der Waals surface area contributed by atoms with E-state index in [0.717, 1.165) is 25.7 Å². The molecule has 0 saturated carbocycles. The molecule has 0 spiro atoms. The van der Waals surface area contributed by atoms with E-state index < -0.39 is 12.5 Å². The summed E-state index contributed by atoms with van der Waals surface area (Å²) in [5, 5.41) is 29.3. The molecule has 5 rings (SSSR count). The van der Waals surface area contributed by atoms with Gasteiger partial charge in [0.25, 0.3) is 0 Å². The highest BCUT2D eigenvalue weighted by Gasteiger charge is 2.50. The van der Waals surface area contributed by atoms with Gasteiger partial charge in [-0.15, -0.1) is 10.2 Å². The molecule has 2 aliphatic rings. The molecule has 33 heavy (non-hydrogen) atoms. The lowest BCUT2D eigenvalue weighted by molar-refractivity contribution is 0.203. The Labute approximate surface area is 191 Å². The molecule has 0 aliphatic carbocycles. The Bertz CT molecular complexity index is 1100. The van der Waals surface area contributed by atoms with Gasteiger partial charge in [0.2, 0.25) is 0 Å². The average molecular weight is 455 g/mol. The summed E-state index contributed by atoms with van der Waals surface area (Å²) in [6.45, 7) is 4.19. The van der Waals surface area contributed by atoms with E-state index in [0.29, 0.717) is 16.9 Å². The van der Waals surface area contributed by atoms with Gasteiger partial charge in [0, 0.05) is 35.4 Å². The third-order valence-corrected chi connectivity index (χ3v) is 7.07. The molecule has 7 nitrogen and oxygen atoms in total. The molecule has 174 valence electrons. The highest BCUT2D eigenvalue weighted by Crippen LogP contribution is 2.44. The minimum atomic E-state index is -0.607. The van der Waals surface area contributed by atoms with Crippen LogP contribution in [0, 0.1) is 5.82 Å². The number of anilines is 1. The first-order valence-electron chi connectivity index (χ1n) is 11.3. The van der Waals surface area contributed by atoms with Crippen molar-refractivity contribution in [1.82, 2.24) is 25.7 Å². The van der Waals surface area contributed by atoms with E-state index >= 15 is 0 Å². The number of nitrogens with one attached hydrogen (secondary N) is 2. The van der Waals surface area contributed by atoms with Crippen LogP contribution in [0.15, 0.2) is 36.7 Å². The molecular formula is C24H28F2N6O. The van der Waals surface area contributed by atoms with Crippen molar-refractivity contribution in [3.05, 3.63) is 42.5 Å². The van der Waals surface area contributed by atoms with Crippen LogP contribution in [0.3, 0.4) is 0 Å². The molecule has 3 N–H and O–H groups in total. The maximum atomic E-state index is 14.9. The van der Waals surface area contributed by atoms with Crippen molar-refractivity contribution in [2.75, 3.05) is 18.1 Å². The second-order valence-corrected chi connectivity index (χ2v) is 9.81. The first-order chi connectivity index (χ1) is 15.8. The van der Waals surface area contributed by atoms with Crippen LogP contribution >= 0.6 is 0 Å². The van der Waals surface area contributed by atoms with Crippen LogP contribution in [0.25, 0.3) is 22.4 Å². The normalized spacial score (nSPS) is 26.5. The summed E-state index contributed by atoms with van der Waals surface area (Å²) in [6.07, 6.45) is 7.17. The zero-order chi connectivity index (χ0) is 23.2. The van der Waals surface area contributed by atoms with Crippen molar-refractivity contribution in [2.24, 2.45) is 0 Å². The Morgan fingerprint density at radius 3 is 2.45 bits per heavy atom. The van der Waals surface area contributed by atoms with Crippen LogP contribution in [0.4, 0.5) is 14.6 Å². The quantitative estimate of drug-likeness (QED) is 0.517. The topological polar surface area (TPSA) is 90.0 Å². The van der Waals surface area contributed by atoms with Gasteiger partial charge in [-0.2, -0.15) is 5.10 Å². The molecule has 3 aromatic rings. The summed E-state index contributed by atoms with van der Waals surface area (Å²) in [4.78, 5) is 1.98. The number of hydrogen-bond donors (Lipinski definition) is 3. The largest absolute Gasteiger partial charge is 0.507 e. The van der Waals surface area contributed by atoms with Crippen LogP contribution in [0.5, 0.6) is 5.75 Å². The van der Waals surface area contributed by atoms with Crippen LogP contribution < -0.4 is 10.2 Å². The number of benzene rings is 1. The summed E-state index contributed by atoms with van der Waals surface area (Å²) >= 11 is 0. The van der Waals surface area contributed by atoms with Crippen LogP contribution in [0.1, 0.15) is 39.5 Å². The summed E-state index contributed by atoms with van der Waals surface area (Å²) in [5.41, 5.74) is 1.44. The Balaban J connectivity index is 1.43. The summed E-state index contributed by atoms with van der Waals surface area (Å²) < 4.78 is 28.4. The Kier molecular flexibility index (Phi) is 5.31. The number of aromatic nitrogens is 4. The van der Waals surface area contributed by atoms with Gasteiger partial charge in [-0.05, 0) is 69.4 Å². The Morgan fingerprint density at radius 2 is 1.88 bits per heavy atom. The van der Waals surface area contributed by atoms with Gasteiger partial charge in [-0.1, -0.05) is 0 Å². The molecule has 1 aromatic carbocycles. The minimum absolute atomic E-state index is 0.0155. The van der Waals surface area contributed by atoms with Gasteiger partial charge in [-0.25, -0.2) is 8.78 Å². The summed E-state index contributed by atoms with van der Waals surface area (Å²) in [6, 6.07) is 6.30. The van der Waals surface area contributed by atoms with E-state index in [9.17, 15) is 13.9 Å². The lowest BCUT2D eigenvalue weighted by Crippen LogP contribution is -2.59. The molecule has 2 aromatic heterocycles. The minimum Gasteiger partial charge on any atom is -0.507 e. The van der Waals surface area contributed by atoms with Crippen LogP contribution in [-0.2, 0) is 0 Å². The smallest absolute Gasteiger partial charge is 0.151 e. The molecule has 2 aliphatic heterocycles. The molecular weight excluding hydrogens is 426 g/mol. The van der Waals surface area contributed by atoms with E-state index in [1.807, 2.05) is 4.90 Å². The third-order valence-electron chi connectivity index (χ3n) is 7.07. The number of aromatic hydroxyl groups is 1. The van der Waals surface area contributed by atoms with Gasteiger partial charge >= 0.3 is 0 Å². The fourth-order valence-corrected chi connectivity index (χ4v) is 5.65. The van der Waals surface area contributed by atoms with E-state index in [2.05, 4.69) is 39.6 Å². The number of hydrogen-bond acceptors (Lipinski definition) is 6. The van der Waals surface area contributed by atoms with E-state index in [4.69, 9.17) is 0 Å². The number of H-pyrrole nitrogens is 1. The van der Waals surface area contributed by atoms with Crippen molar-refractivity contribution < 1.29 is 13.9 Å². The van der Waals surface area contributed by atoms with Gasteiger partial charge < -0.3 is 15.3 Å². The first kappa shape index (κ1) is 21.8. The predicted molar refractivity (Wildman–Crippen MR) is 122 cm³/mol. The fourth-order valence-electron chi connectivity index (χ4n) is 5.65. The van der Waals surface area contributed by atoms with Crippen molar-refractivity contribution in [2.45, 2.75) is 56.7 Å². The second kappa shape index (κ2) is 8.06. The fraction of sp³-hybridized carbons (Fsp3) is 0.458. The van der Waals surface area contributed by atoms with Crippen molar-refractivity contribution in [3.8, 4) is 28.1 Å². The van der Waals surface area contributed by atoms with Gasteiger partial charge in [0.15, 0.2) is 5.82 Å². The zero-order valence-electron chi connectivity index (χ0n) is 18.8. The van der Waals surface area contributed by atoms with Gasteiger partial charge in [0.1, 0.15) is 18.2 Å². The lowest BCUT2D eigenvalue weighted by Gasteiger charge is -2.46. The summed E-state index contributed by atoms with van der Waals surface area (Å²) in [5.74, 6) is -0.279. The predicted octanol–water partition coefficient (Wildman–Crippen LogP) is 4.22. The molecule has 2 bridgehead atoms. The standard InChI is InChI=1S/C24H28F2N6O/c1-23-5-6-24(2,31-23)12-17(11-23)32(8-7-25)21-4-3-19(29-30-21)22-18(26)9-15(10-20(22)33)16-13-27-28-14-16/h3-4,9-10,13-14,17,31,33H,5-8,11-12H2,1-2H3,(H,27,28)/t17-,23+,24-. The lowest BCUT2D eigenvalue weighted by atomic mass is 9.84. The molecule has 2 saturated heterocycles. The number of phenols is 1. The van der Waals surface area contributed by atoms with Crippen molar-refractivity contribution >= 4 is 5.82 Å². The van der Waals surface area contributed by atoms with E-state index in [1.54, 1.807) is 24.5 Å². The van der Waals surface area contributed by atoms with E-state index in [-0.39, 0.29) is 40.7 Å². The molecule has 2 fully saturated rings. The zero-order valence-corrected chi connectivity index (χ0v) is 18.8. The monoisotopic (exact) mass is 454 g/mol. The van der Waals surface area contributed by atoms with Crippen molar-refractivity contribution in [1.29, 1.82) is 0 Å². The second-order valence-electron chi connectivity index (χ2n) is 9.81. The number of fused-ring (bicyclic) bond motifs is 2. The molecule has 9 heteroatoms. The average Bonchev–Trinajstić information content (AvgIpc) is 3.38. The first-order valence-corrected chi connectivity index (χ1v) is 11.3.